The number of carbonyl (C=O) groups is 1. The van der Waals surface area contributed by atoms with Gasteiger partial charge in [0.1, 0.15) is 5.82 Å². The summed E-state index contributed by atoms with van der Waals surface area (Å²) in [5.74, 6) is -1.13. The summed E-state index contributed by atoms with van der Waals surface area (Å²) in [4.78, 5) is 16.9. The lowest BCUT2D eigenvalue weighted by Crippen LogP contribution is -2.41. The molecule has 2 heterocycles. The molecular formula is C19H17ClFN3O3S2. The summed E-state index contributed by atoms with van der Waals surface area (Å²) in [6.45, 7) is 0.407. The van der Waals surface area contributed by atoms with Crippen molar-refractivity contribution in [2.75, 3.05) is 18.4 Å². The Balaban J connectivity index is 1.40. The Morgan fingerprint density at radius 3 is 2.62 bits per heavy atom. The number of aromatic nitrogens is 1. The van der Waals surface area contributed by atoms with Crippen molar-refractivity contribution >= 4 is 54.2 Å². The van der Waals surface area contributed by atoms with E-state index in [1.165, 1.54) is 21.7 Å². The molecule has 1 amide bonds. The first-order valence-electron chi connectivity index (χ1n) is 8.96. The van der Waals surface area contributed by atoms with Gasteiger partial charge in [-0.1, -0.05) is 35.1 Å². The second-order valence-electron chi connectivity index (χ2n) is 6.73. The van der Waals surface area contributed by atoms with Gasteiger partial charge in [0.2, 0.25) is 15.9 Å². The number of benzene rings is 2. The number of thiazole rings is 1. The smallest absolute Gasteiger partial charge is 0.243 e. The highest BCUT2D eigenvalue weighted by Crippen LogP contribution is 2.29. The second-order valence-corrected chi connectivity index (χ2v) is 10.1. The van der Waals surface area contributed by atoms with E-state index in [-0.39, 0.29) is 34.8 Å². The van der Waals surface area contributed by atoms with Gasteiger partial charge in [-0.3, -0.25) is 4.79 Å². The van der Waals surface area contributed by atoms with Crippen LogP contribution in [0.1, 0.15) is 12.8 Å². The Bertz CT molecular complexity index is 1140. The van der Waals surface area contributed by atoms with E-state index >= 15 is 0 Å². The lowest BCUT2D eigenvalue weighted by Gasteiger charge is -2.30. The summed E-state index contributed by atoms with van der Waals surface area (Å²) >= 11 is 7.12. The highest BCUT2D eigenvalue weighted by molar-refractivity contribution is 7.89. The fourth-order valence-electron chi connectivity index (χ4n) is 3.28. The van der Waals surface area contributed by atoms with Gasteiger partial charge in [0.25, 0.3) is 0 Å². The lowest BCUT2D eigenvalue weighted by atomic mass is 9.97. The monoisotopic (exact) mass is 453 g/mol. The van der Waals surface area contributed by atoms with Crippen molar-refractivity contribution in [1.82, 2.24) is 9.29 Å². The molecule has 152 valence electrons. The van der Waals surface area contributed by atoms with Gasteiger partial charge in [-0.25, -0.2) is 17.8 Å². The number of hydrogen-bond acceptors (Lipinski definition) is 5. The molecule has 1 aliphatic heterocycles. The minimum Gasteiger partial charge on any atom is -0.302 e. The number of fused-ring (bicyclic) bond motifs is 1. The Morgan fingerprint density at radius 1 is 1.21 bits per heavy atom. The van der Waals surface area contributed by atoms with Gasteiger partial charge in [0.15, 0.2) is 5.13 Å². The quantitative estimate of drug-likeness (QED) is 0.644. The molecule has 0 spiro atoms. The van der Waals surface area contributed by atoms with Gasteiger partial charge in [0.05, 0.1) is 20.1 Å². The number of amides is 1. The first-order chi connectivity index (χ1) is 13.8. The maximum absolute atomic E-state index is 13.3. The van der Waals surface area contributed by atoms with E-state index in [0.717, 1.165) is 22.3 Å². The Labute approximate surface area is 176 Å². The number of sulfonamides is 1. The zero-order valence-electron chi connectivity index (χ0n) is 15.1. The van der Waals surface area contributed by atoms with E-state index in [1.54, 1.807) is 0 Å². The number of para-hydroxylation sites is 1. The lowest BCUT2D eigenvalue weighted by molar-refractivity contribution is -0.120. The Kier molecular flexibility index (Phi) is 5.56. The molecule has 1 aromatic heterocycles. The summed E-state index contributed by atoms with van der Waals surface area (Å²) < 4.78 is 41.1. The number of nitrogens with zero attached hydrogens (tertiary/aromatic N) is 2. The van der Waals surface area contributed by atoms with Gasteiger partial charge in [0, 0.05) is 19.0 Å². The zero-order valence-corrected chi connectivity index (χ0v) is 17.5. The van der Waals surface area contributed by atoms with Crippen LogP contribution < -0.4 is 5.32 Å². The summed E-state index contributed by atoms with van der Waals surface area (Å²) in [6, 6.07) is 11.0. The summed E-state index contributed by atoms with van der Waals surface area (Å²) in [5.41, 5.74) is 0.826. The third-order valence-electron chi connectivity index (χ3n) is 4.88. The third-order valence-corrected chi connectivity index (χ3v) is 8.01. The molecule has 6 nitrogen and oxygen atoms in total. The molecule has 0 atom stereocenters. The third kappa shape index (κ3) is 4.13. The first kappa shape index (κ1) is 20.2. The number of piperidine rings is 1. The van der Waals surface area contributed by atoms with Crippen LogP contribution in [0.25, 0.3) is 10.2 Å². The first-order valence-corrected chi connectivity index (χ1v) is 11.6. The number of carbonyl (C=O) groups excluding carboxylic acids is 1. The van der Waals surface area contributed by atoms with Crippen LogP contribution >= 0.6 is 22.9 Å². The molecule has 4 rings (SSSR count). The van der Waals surface area contributed by atoms with Crippen LogP contribution in [0.3, 0.4) is 0 Å². The number of hydrogen-bond donors (Lipinski definition) is 1. The predicted octanol–water partition coefficient (Wildman–Crippen LogP) is 4.13. The fourth-order valence-corrected chi connectivity index (χ4v) is 5.89. The largest absolute Gasteiger partial charge is 0.302 e. The summed E-state index contributed by atoms with van der Waals surface area (Å²) in [7, 11) is -3.79. The van der Waals surface area contributed by atoms with Crippen LogP contribution in [-0.2, 0) is 14.8 Å². The molecule has 29 heavy (non-hydrogen) atoms. The van der Waals surface area contributed by atoms with Crippen molar-refractivity contribution < 1.29 is 17.6 Å². The molecule has 1 saturated heterocycles. The van der Waals surface area contributed by atoms with E-state index < -0.39 is 15.8 Å². The number of anilines is 1. The molecule has 2 aromatic carbocycles. The van der Waals surface area contributed by atoms with Crippen molar-refractivity contribution in [3.8, 4) is 0 Å². The van der Waals surface area contributed by atoms with Crippen molar-refractivity contribution in [3.63, 3.8) is 0 Å². The van der Waals surface area contributed by atoms with E-state index in [1.807, 2.05) is 24.3 Å². The van der Waals surface area contributed by atoms with E-state index in [9.17, 15) is 17.6 Å². The van der Waals surface area contributed by atoms with Crippen LogP contribution in [0, 0.1) is 11.7 Å². The van der Waals surface area contributed by atoms with Crippen molar-refractivity contribution in [3.05, 3.63) is 53.3 Å². The van der Waals surface area contributed by atoms with Gasteiger partial charge >= 0.3 is 0 Å². The van der Waals surface area contributed by atoms with Crippen LogP contribution in [-0.4, -0.2) is 36.7 Å². The second kappa shape index (κ2) is 7.98. The van der Waals surface area contributed by atoms with Gasteiger partial charge in [-0.2, -0.15) is 4.31 Å². The molecule has 1 fully saturated rings. The molecule has 3 aromatic rings. The van der Waals surface area contributed by atoms with Gasteiger partial charge in [-0.05, 0) is 43.2 Å². The van der Waals surface area contributed by atoms with Crippen molar-refractivity contribution in [1.29, 1.82) is 0 Å². The molecule has 1 N–H and O–H groups in total. The molecule has 1 aliphatic rings. The SMILES string of the molecule is O=C(Nc1nc2ccccc2s1)C1CCN(S(=O)(=O)c2ccc(F)c(Cl)c2)CC1. The highest BCUT2D eigenvalue weighted by Gasteiger charge is 2.32. The summed E-state index contributed by atoms with van der Waals surface area (Å²) in [5, 5.41) is 3.14. The standard InChI is InChI=1S/C19H17ClFN3O3S2/c20-14-11-13(5-6-15(14)21)29(26,27)24-9-7-12(8-10-24)18(25)23-19-22-16-3-1-2-4-17(16)28-19/h1-6,11-12H,7-10H2,(H,22,23,25). The van der Waals surface area contributed by atoms with Crippen LogP contribution in [0.5, 0.6) is 0 Å². The van der Waals surface area contributed by atoms with Crippen molar-refractivity contribution in [2.24, 2.45) is 5.92 Å². The molecule has 0 unspecified atom stereocenters. The van der Waals surface area contributed by atoms with Gasteiger partial charge < -0.3 is 5.32 Å². The maximum atomic E-state index is 13.3. The molecule has 0 aliphatic carbocycles. The van der Waals surface area contributed by atoms with Crippen LogP contribution in [0.15, 0.2) is 47.4 Å². The maximum Gasteiger partial charge on any atom is 0.243 e. The minimum atomic E-state index is -3.79. The highest BCUT2D eigenvalue weighted by atomic mass is 35.5. The van der Waals surface area contributed by atoms with E-state index in [0.29, 0.717) is 18.0 Å². The predicted molar refractivity (Wildman–Crippen MR) is 111 cm³/mol. The van der Waals surface area contributed by atoms with Gasteiger partial charge in [-0.15, -0.1) is 0 Å². The average Bonchev–Trinajstić information content (AvgIpc) is 3.12. The van der Waals surface area contributed by atoms with E-state index in [2.05, 4.69) is 10.3 Å². The molecular weight excluding hydrogens is 437 g/mol. The molecule has 0 saturated carbocycles. The Morgan fingerprint density at radius 2 is 1.93 bits per heavy atom. The van der Waals surface area contributed by atoms with Crippen LogP contribution in [0.2, 0.25) is 5.02 Å². The molecule has 0 bridgehead atoms. The van der Waals surface area contributed by atoms with Crippen LogP contribution in [0.4, 0.5) is 9.52 Å². The minimum absolute atomic E-state index is 0.0544. The number of nitrogens with one attached hydrogen (secondary N) is 1. The Hall–Kier alpha value is -2.07. The summed E-state index contributed by atoms with van der Waals surface area (Å²) in [6.07, 6.45) is 0.787. The molecule has 10 heteroatoms. The number of halogens is 2. The normalized spacial score (nSPS) is 16.2. The zero-order chi connectivity index (χ0) is 20.6. The topological polar surface area (TPSA) is 79.4 Å². The average molecular weight is 454 g/mol. The number of rotatable bonds is 4. The van der Waals surface area contributed by atoms with E-state index in [4.69, 9.17) is 11.6 Å². The fraction of sp³-hybridized carbons (Fsp3) is 0.263. The molecule has 0 radical (unpaired) electrons. The van der Waals surface area contributed by atoms with Crippen molar-refractivity contribution in [2.45, 2.75) is 17.7 Å².